The van der Waals surface area contributed by atoms with Crippen molar-refractivity contribution in [3.8, 4) is 11.8 Å². The van der Waals surface area contributed by atoms with Crippen LogP contribution in [0.25, 0.3) is 0 Å². The molecular formula is C31H38ClN5O7. The number of hydrogen-bond donors (Lipinski definition) is 5. The minimum Gasteiger partial charge on any atom is -0.489 e. The van der Waals surface area contributed by atoms with E-state index in [2.05, 4.69) is 25.9 Å². The van der Waals surface area contributed by atoms with Crippen molar-refractivity contribution in [2.75, 3.05) is 31.6 Å². The summed E-state index contributed by atoms with van der Waals surface area (Å²) in [5.74, 6) is -1.42. The molecule has 2 unspecified atom stereocenters. The van der Waals surface area contributed by atoms with E-state index >= 15 is 0 Å². The number of hydrogen-bond acceptors (Lipinski definition) is 10. The van der Waals surface area contributed by atoms with Crippen LogP contribution in [0.5, 0.6) is 5.75 Å². The van der Waals surface area contributed by atoms with Crippen molar-refractivity contribution >= 4 is 40.8 Å². The third kappa shape index (κ3) is 12.8. The number of nitriles is 1. The van der Waals surface area contributed by atoms with Gasteiger partial charge in [0.1, 0.15) is 24.5 Å². The molecule has 12 nitrogen and oxygen atoms in total. The summed E-state index contributed by atoms with van der Waals surface area (Å²) in [7, 11) is 0. The third-order valence-corrected chi connectivity index (χ3v) is 6.37. The van der Waals surface area contributed by atoms with Crippen LogP contribution < -0.4 is 20.8 Å². The summed E-state index contributed by atoms with van der Waals surface area (Å²) in [4.78, 5) is 31.6. The van der Waals surface area contributed by atoms with E-state index in [1.165, 1.54) is 0 Å². The predicted molar refractivity (Wildman–Crippen MR) is 167 cm³/mol. The molecule has 1 aliphatic heterocycles. The van der Waals surface area contributed by atoms with Gasteiger partial charge in [0.15, 0.2) is 0 Å². The number of β-amino-alcohol motifs (C(OH)–C–C–N with tert-alkyl or cyclic N) is 1. The Labute approximate surface area is 261 Å². The molecule has 0 bridgehead atoms. The maximum Gasteiger partial charge on any atom is 0.330 e. The second-order valence-corrected chi connectivity index (χ2v) is 10.9. The van der Waals surface area contributed by atoms with Gasteiger partial charge in [0.25, 0.3) is 0 Å². The molecule has 1 aliphatic rings. The lowest BCUT2D eigenvalue weighted by Gasteiger charge is -2.28. The van der Waals surface area contributed by atoms with Crippen LogP contribution in [0, 0.1) is 17.2 Å². The van der Waals surface area contributed by atoms with Crippen LogP contribution in [-0.2, 0) is 19.1 Å². The highest BCUT2D eigenvalue weighted by atomic mass is 35.5. The first-order valence-corrected chi connectivity index (χ1v) is 14.2. The average molecular weight is 628 g/mol. The number of ether oxygens (including phenoxy) is 2. The van der Waals surface area contributed by atoms with Crippen LogP contribution in [0.3, 0.4) is 0 Å². The molecular weight excluding hydrogens is 590 g/mol. The first-order valence-electron chi connectivity index (χ1n) is 13.9. The third-order valence-electron chi connectivity index (χ3n) is 6.13. The predicted octanol–water partition coefficient (Wildman–Crippen LogP) is 3.48. The molecule has 5 N–H and O–H groups in total. The molecule has 1 heterocycles. The smallest absolute Gasteiger partial charge is 0.330 e. The number of aliphatic carboxylic acids is 1. The molecule has 236 valence electrons. The van der Waals surface area contributed by atoms with E-state index < -0.39 is 18.0 Å². The average Bonchev–Trinajstić information content (AvgIpc) is 2.98. The number of carboxylic acids is 1. The van der Waals surface area contributed by atoms with E-state index in [0.717, 1.165) is 29.1 Å². The highest BCUT2D eigenvalue weighted by Gasteiger charge is 2.22. The molecule has 2 atom stereocenters. The molecule has 0 aromatic heterocycles. The number of aliphatic hydroxyl groups is 1. The van der Waals surface area contributed by atoms with Crippen LogP contribution in [0.15, 0.2) is 59.7 Å². The number of halogens is 1. The summed E-state index contributed by atoms with van der Waals surface area (Å²) in [5.41, 5.74) is 5.43. The highest BCUT2D eigenvalue weighted by Crippen LogP contribution is 2.23. The molecule has 0 spiro atoms. The summed E-state index contributed by atoms with van der Waals surface area (Å²) >= 11 is 5.96. The summed E-state index contributed by atoms with van der Waals surface area (Å²) in [6.07, 6.45) is 1.28. The zero-order chi connectivity index (χ0) is 32.7. The summed E-state index contributed by atoms with van der Waals surface area (Å²) < 4.78 is 10.00. The number of esters is 1. The van der Waals surface area contributed by atoms with E-state index in [1.54, 1.807) is 25.1 Å². The lowest BCUT2D eigenvalue weighted by molar-refractivity contribution is -0.138. The standard InChI is InChI=1S/C25H30ClN5O3.C6H8O4/c1-16-10-23(33)30-31-24(16)17-5-8-20(9-6-17)28-15-25(2,3)29-13-21(32)14-34-22-11-19(26)7-4-18(22)12-27;1-2-10-6(9)4-3-5(7)8/h4-9,11,16,21,28-29,32H,10,13-15H2,1-3H3,(H,30,33);3-4H,2H2,1H3,(H,7,8). The topological polar surface area (TPSA) is 182 Å². The number of amides is 1. The molecule has 44 heavy (non-hydrogen) atoms. The lowest BCUT2D eigenvalue weighted by Crippen LogP contribution is -2.49. The van der Waals surface area contributed by atoms with Gasteiger partial charge in [-0.1, -0.05) is 30.7 Å². The van der Waals surface area contributed by atoms with E-state index in [9.17, 15) is 19.5 Å². The first kappa shape index (κ1) is 35.8. The van der Waals surface area contributed by atoms with Gasteiger partial charge in [-0.3, -0.25) is 4.79 Å². The number of nitrogens with zero attached hydrogens (tertiary/aromatic N) is 2. The molecule has 0 saturated carbocycles. The van der Waals surface area contributed by atoms with E-state index in [4.69, 9.17) is 26.7 Å². The molecule has 0 aliphatic carbocycles. The summed E-state index contributed by atoms with van der Waals surface area (Å²) in [6.45, 7) is 8.95. The van der Waals surface area contributed by atoms with Crippen molar-refractivity contribution in [1.82, 2.24) is 10.7 Å². The van der Waals surface area contributed by atoms with Crippen molar-refractivity contribution in [3.63, 3.8) is 0 Å². The Kier molecular flexibility index (Phi) is 14.3. The Hall–Kier alpha value is -4.44. The quantitative estimate of drug-likeness (QED) is 0.163. The van der Waals surface area contributed by atoms with Crippen LogP contribution in [0.1, 0.15) is 45.2 Å². The van der Waals surface area contributed by atoms with Gasteiger partial charge in [-0.25, -0.2) is 15.0 Å². The molecule has 0 saturated heterocycles. The van der Waals surface area contributed by atoms with Gasteiger partial charge >= 0.3 is 11.9 Å². The van der Waals surface area contributed by atoms with Gasteiger partial charge in [0.05, 0.1) is 17.9 Å². The van der Waals surface area contributed by atoms with Crippen molar-refractivity contribution in [2.45, 2.75) is 45.8 Å². The van der Waals surface area contributed by atoms with Crippen molar-refractivity contribution in [2.24, 2.45) is 11.0 Å². The van der Waals surface area contributed by atoms with Crippen LogP contribution >= 0.6 is 11.6 Å². The van der Waals surface area contributed by atoms with Gasteiger partial charge in [-0.05, 0) is 50.6 Å². The number of carboxylic acid groups (broad SMARTS) is 1. The van der Waals surface area contributed by atoms with Crippen molar-refractivity contribution < 1.29 is 34.1 Å². The Morgan fingerprint density at radius 2 is 1.95 bits per heavy atom. The van der Waals surface area contributed by atoms with Crippen molar-refractivity contribution in [3.05, 3.63) is 70.8 Å². The zero-order valence-corrected chi connectivity index (χ0v) is 25.9. The number of anilines is 1. The lowest BCUT2D eigenvalue weighted by atomic mass is 9.94. The fraction of sp³-hybridized carbons (Fsp3) is 0.387. The molecule has 2 aromatic rings. The summed E-state index contributed by atoms with van der Waals surface area (Å²) in [5, 5.41) is 38.9. The molecule has 2 aromatic carbocycles. The monoisotopic (exact) mass is 627 g/mol. The minimum atomic E-state index is -1.16. The first-order chi connectivity index (χ1) is 20.8. The highest BCUT2D eigenvalue weighted by molar-refractivity contribution is 6.30. The Bertz CT molecular complexity index is 1390. The van der Waals surface area contributed by atoms with E-state index in [1.807, 2.05) is 51.1 Å². The maximum absolute atomic E-state index is 11.4. The number of carbonyl (C=O) groups is 3. The van der Waals surface area contributed by atoms with Gasteiger partial charge in [-0.2, -0.15) is 10.4 Å². The number of nitrogens with one attached hydrogen (secondary N) is 3. The van der Waals surface area contributed by atoms with Gasteiger partial charge in [-0.15, -0.1) is 0 Å². The van der Waals surface area contributed by atoms with Crippen LogP contribution in [0.2, 0.25) is 5.02 Å². The minimum absolute atomic E-state index is 0.0375. The molecule has 13 heteroatoms. The van der Waals surface area contributed by atoms with Gasteiger partial charge in [0.2, 0.25) is 5.91 Å². The molecule has 1 amide bonds. The van der Waals surface area contributed by atoms with Gasteiger partial charge < -0.3 is 30.3 Å². The normalized spacial score (nSPS) is 15.2. The number of carbonyl (C=O) groups excluding carboxylic acids is 2. The largest absolute Gasteiger partial charge is 0.489 e. The number of rotatable bonds is 13. The number of hydrazone groups is 1. The number of aliphatic hydroxyl groups excluding tert-OH is 1. The Balaban J connectivity index is 0.000000580. The van der Waals surface area contributed by atoms with Gasteiger partial charge in [0, 0.05) is 59.9 Å². The van der Waals surface area contributed by atoms with E-state index in [0.29, 0.717) is 35.8 Å². The molecule has 3 rings (SSSR count). The summed E-state index contributed by atoms with van der Waals surface area (Å²) in [6, 6.07) is 14.8. The fourth-order valence-electron chi connectivity index (χ4n) is 3.82. The second-order valence-electron chi connectivity index (χ2n) is 10.5. The number of benzene rings is 2. The van der Waals surface area contributed by atoms with Crippen LogP contribution in [0.4, 0.5) is 5.69 Å². The SMILES string of the molecule is CC1CC(=O)NN=C1c1ccc(NCC(C)(C)NCC(O)COc2cc(Cl)ccc2C#N)cc1.CCOC(=O)C=CC(=O)O. The fourth-order valence-corrected chi connectivity index (χ4v) is 3.99. The second kappa shape index (κ2) is 17.6. The Morgan fingerprint density at radius 1 is 1.25 bits per heavy atom. The molecule has 0 radical (unpaired) electrons. The van der Waals surface area contributed by atoms with Crippen LogP contribution in [-0.4, -0.2) is 71.7 Å². The van der Waals surface area contributed by atoms with E-state index in [-0.39, 0.29) is 30.6 Å². The zero-order valence-electron chi connectivity index (χ0n) is 25.1. The van der Waals surface area contributed by atoms with Crippen molar-refractivity contribution in [1.29, 1.82) is 5.26 Å². The Morgan fingerprint density at radius 3 is 2.57 bits per heavy atom. The maximum atomic E-state index is 11.4. The molecule has 0 fully saturated rings.